The van der Waals surface area contributed by atoms with Crippen molar-refractivity contribution in [2.75, 3.05) is 19.6 Å². The number of benzene rings is 1. The van der Waals surface area contributed by atoms with Crippen molar-refractivity contribution in [2.45, 2.75) is 19.9 Å². The molecule has 2 N–H and O–H groups in total. The Morgan fingerprint density at radius 2 is 2.18 bits per heavy atom. The molecule has 2 rings (SSSR count). The zero-order valence-corrected chi connectivity index (χ0v) is 12.0. The lowest BCUT2D eigenvalue weighted by atomic mass is 9.87. The summed E-state index contributed by atoms with van der Waals surface area (Å²) in [5, 5.41) is 0. The summed E-state index contributed by atoms with van der Waals surface area (Å²) in [4.78, 5) is 2.53. The third kappa shape index (κ3) is 3.30. The molecule has 0 aromatic heterocycles. The van der Waals surface area contributed by atoms with E-state index >= 15 is 0 Å². The Balaban J connectivity index is 1.98. The molecule has 3 heteroatoms. The maximum atomic E-state index is 5.84. The Hall–Kier alpha value is -0.380. The average Bonchev–Trinajstić information content (AvgIpc) is 2.34. The highest BCUT2D eigenvalue weighted by atomic mass is 79.9. The van der Waals surface area contributed by atoms with Crippen LogP contribution in [-0.2, 0) is 6.54 Å². The van der Waals surface area contributed by atoms with Gasteiger partial charge in [0.25, 0.3) is 0 Å². The van der Waals surface area contributed by atoms with E-state index in [1.165, 1.54) is 23.0 Å². The molecular weight excluding hydrogens is 276 g/mol. The topological polar surface area (TPSA) is 29.3 Å². The molecule has 1 aromatic rings. The minimum atomic E-state index is 0.659. The minimum Gasteiger partial charge on any atom is -0.330 e. The zero-order valence-electron chi connectivity index (χ0n) is 10.4. The van der Waals surface area contributed by atoms with E-state index in [-0.39, 0.29) is 0 Å². The van der Waals surface area contributed by atoms with E-state index in [2.05, 4.69) is 52.0 Å². The summed E-state index contributed by atoms with van der Waals surface area (Å²) >= 11 is 3.62. The predicted molar refractivity (Wildman–Crippen MR) is 75.7 cm³/mol. The lowest BCUT2D eigenvalue weighted by Crippen LogP contribution is -2.42. The van der Waals surface area contributed by atoms with Gasteiger partial charge in [-0.1, -0.05) is 41.1 Å². The molecule has 0 aliphatic carbocycles. The van der Waals surface area contributed by atoms with Crippen LogP contribution in [0.5, 0.6) is 0 Å². The summed E-state index contributed by atoms with van der Waals surface area (Å²) in [7, 11) is 0. The van der Waals surface area contributed by atoms with Crippen LogP contribution in [0.25, 0.3) is 0 Å². The van der Waals surface area contributed by atoms with Gasteiger partial charge in [-0.3, -0.25) is 4.90 Å². The van der Waals surface area contributed by atoms with Crippen LogP contribution in [0.4, 0.5) is 0 Å². The van der Waals surface area contributed by atoms with Gasteiger partial charge in [0.05, 0.1) is 0 Å². The van der Waals surface area contributed by atoms with Gasteiger partial charge in [0.15, 0.2) is 0 Å². The van der Waals surface area contributed by atoms with Crippen LogP contribution in [0.3, 0.4) is 0 Å². The largest absolute Gasteiger partial charge is 0.330 e. The Morgan fingerprint density at radius 3 is 2.88 bits per heavy atom. The fraction of sp³-hybridized carbons (Fsp3) is 0.571. The van der Waals surface area contributed by atoms with Crippen LogP contribution in [0, 0.1) is 11.8 Å². The summed E-state index contributed by atoms with van der Waals surface area (Å²) in [5.41, 5.74) is 7.22. The van der Waals surface area contributed by atoms with E-state index in [4.69, 9.17) is 5.73 Å². The number of nitrogens with zero attached hydrogens (tertiary/aromatic N) is 1. The molecule has 2 unspecified atom stereocenters. The Bertz CT molecular complexity index is 367. The van der Waals surface area contributed by atoms with Gasteiger partial charge < -0.3 is 5.73 Å². The number of hydrogen-bond acceptors (Lipinski definition) is 2. The van der Waals surface area contributed by atoms with Crippen molar-refractivity contribution < 1.29 is 0 Å². The Morgan fingerprint density at radius 1 is 1.41 bits per heavy atom. The highest BCUT2D eigenvalue weighted by Crippen LogP contribution is 2.25. The standard InChI is InChI=1S/C14H21BrN2/c1-11-6-7-17(10-13(11)8-16)9-12-4-2-3-5-14(12)15/h2-5,11,13H,6-10,16H2,1H3. The summed E-state index contributed by atoms with van der Waals surface area (Å²) in [6, 6.07) is 8.48. The molecule has 1 aliphatic rings. The van der Waals surface area contributed by atoms with Crippen LogP contribution in [0.2, 0.25) is 0 Å². The summed E-state index contributed by atoms with van der Waals surface area (Å²) in [5.74, 6) is 1.43. The van der Waals surface area contributed by atoms with Crippen LogP contribution in [-0.4, -0.2) is 24.5 Å². The Kier molecular flexibility index (Phi) is 4.60. The molecule has 0 bridgehead atoms. The molecule has 1 saturated heterocycles. The van der Waals surface area contributed by atoms with Crippen molar-refractivity contribution in [2.24, 2.45) is 17.6 Å². The molecule has 1 heterocycles. The van der Waals surface area contributed by atoms with Gasteiger partial charge in [0.2, 0.25) is 0 Å². The van der Waals surface area contributed by atoms with Gasteiger partial charge in [-0.2, -0.15) is 0 Å². The lowest BCUT2D eigenvalue weighted by molar-refractivity contribution is 0.126. The van der Waals surface area contributed by atoms with E-state index in [9.17, 15) is 0 Å². The number of likely N-dealkylation sites (tertiary alicyclic amines) is 1. The predicted octanol–water partition coefficient (Wildman–Crippen LogP) is 2.87. The SMILES string of the molecule is CC1CCN(Cc2ccccc2Br)CC1CN. The van der Waals surface area contributed by atoms with Crippen molar-refractivity contribution in [3.63, 3.8) is 0 Å². The molecule has 0 spiro atoms. The molecule has 2 atom stereocenters. The highest BCUT2D eigenvalue weighted by molar-refractivity contribution is 9.10. The second kappa shape index (κ2) is 5.98. The molecule has 0 saturated carbocycles. The quantitative estimate of drug-likeness (QED) is 0.929. The summed E-state index contributed by atoms with van der Waals surface area (Å²) in [6.07, 6.45) is 1.27. The molecular formula is C14H21BrN2. The fourth-order valence-corrected chi connectivity index (χ4v) is 2.95. The van der Waals surface area contributed by atoms with E-state index < -0.39 is 0 Å². The van der Waals surface area contributed by atoms with Gasteiger partial charge in [0, 0.05) is 17.6 Å². The molecule has 1 fully saturated rings. The van der Waals surface area contributed by atoms with Crippen molar-refractivity contribution in [3.05, 3.63) is 34.3 Å². The van der Waals surface area contributed by atoms with Crippen molar-refractivity contribution >= 4 is 15.9 Å². The highest BCUT2D eigenvalue weighted by Gasteiger charge is 2.25. The van der Waals surface area contributed by atoms with Crippen LogP contribution in [0.1, 0.15) is 18.9 Å². The molecule has 94 valence electrons. The molecule has 1 aromatic carbocycles. The zero-order chi connectivity index (χ0) is 12.3. The first kappa shape index (κ1) is 13.1. The molecule has 1 aliphatic heterocycles. The minimum absolute atomic E-state index is 0.659. The van der Waals surface area contributed by atoms with Gasteiger partial charge in [-0.15, -0.1) is 0 Å². The molecule has 17 heavy (non-hydrogen) atoms. The number of hydrogen-bond donors (Lipinski definition) is 1. The van der Waals surface area contributed by atoms with Crippen LogP contribution < -0.4 is 5.73 Å². The average molecular weight is 297 g/mol. The van der Waals surface area contributed by atoms with Crippen molar-refractivity contribution in [3.8, 4) is 0 Å². The maximum absolute atomic E-state index is 5.84. The van der Waals surface area contributed by atoms with E-state index in [1.807, 2.05) is 0 Å². The third-order valence-electron chi connectivity index (χ3n) is 3.85. The van der Waals surface area contributed by atoms with Crippen molar-refractivity contribution in [1.29, 1.82) is 0 Å². The third-order valence-corrected chi connectivity index (χ3v) is 4.63. The van der Waals surface area contributed by atoms with Crippen LogP contribution >= 0.6 is 15.9 Å². The summed E-state index contributed by atoms with van der Waals surface area (Å²) in [6.45, 7) is 6.50. The van der Waals surface area contributed by atoms with Crippen LogP contribution in [0.15, 0.2) is 28.7 Å². The second-order valence-electron chi connectivity index (χ2n) is 5.09. The summed E-state index contributed by atoms with van der Waals surface area (Å²) < 4.78 is 1.21. The molecule has 0 amide bonds. The van der Waals surface area contributed by atoms with E-state index in [0.717, 1.165) is 25.6 Å². The maximum Gasteiger partial charge on any atom is 0.0245 e. The van der Waals surface area contributed by atoms with Gasteiger partial charge in [0.1, 0.15) is 0 Å². The first-order valence-electron chi connectivity index (χ1n) is 6.36. The monoisotopic (exact) mass is 296 g/mol. The Labute approximate surface area is 112 Å². The van der Waals surface area contributed by atoms with Crippen molar-refractivity contribution in [1.82, 2.24) is 4.90 Å². The van der Waals surface area contributed by atoms with E-state index in [0.29, 0.717) is 5.92 Å². The molecule has 2 nitrogen and oxygen atoms in total. The second-order valence-corrected chi connectivity index (χ2v) is 5.94. The smallest absolute Gasteiger partial charge is 0.0245 e. The normalized spacial score (nSPS) is 26.1. The number of nitrogens with two attached hydrogens (primary N) is 1. The lowest BCUT2D eigenvalue weighted by Gasteiger charge is -2.36. The number of piperidine rings is 1. The first-order chi connectivity index (χ1) is 8.20. The fourth-order valence-electron chi connectivity index (χ4n) is 2.54. The molecule has 0 radical (unpaired) electrons. The van der Waals surface area contributed by atoms with Gasteiger partial charge in [-0.25, -0.2) is 0 Å². The first-order valence-corrected chi connectivity index (χ1v) is 7.16. The van der Waals surface area contributed by atoms with Gasteiger partial charge in [-0.05, 0) is 43.0 Å². The van der Waals surface area contributed by atoms with E-state index in [1.54, 1.807) is 0 Å². The number of rotatable bonds is 3. The number of halogens is 1. The van der Waals surface area contributed by atoms with Gasteiger partial charge >= 0.3 is 0 Å².